The second-order valence-corrected chi connectivity index (χ2v) is 3.41. The molecule has 2 nitrogen and oxygen atoms in total. The van der Waals surface area contributed by atoms with Crippen LogP contribution in [0.25, 0.3) is 0 Å². The van der Waals surface area contributed by atoms with E-state index >= 15 is 0 Å². The summed E-state index contributed by atoms with van der Waals surface area (Å²) in [6, 6.07) is 3.22. The molecule has 0 aliphatic rings. The molecule has 1 rings (SSSR count). The lowest BCUT2D eigenvalue weighted by atomic mass is 9.99. The third kappa shape index (κ3) is 2.98. The summed E-state index contributed by atoms with van der Waals surface area (Å²) in [6.45, 7) is 1.77. The van der Waals surface area contributed by atoms with Crippen LogP contribution in [-0.4, -0.2) is 11.1 Å². The summed E-state index contributed by atoms with van der Waals surface area (Å²) >= 11 is 0. The zero-order valence-corrected chi connectivity index (χ0v) is 8.64. The fraction of sp³-hybridized carbons (Fsp3) is 0.364. The molecule has 0 heterocycles. The quantitative estimate of drug-likeness (QED) is 0.869. The fourth-order valence-corrected chi connectivity index (χ4v) is 1.47. The molecule has 0 aromatic heterocycles. The summed E-state index contributed by atoms with van der Waals surface area (Å²) in [5, 5.41) is 8.60. The van der Waals surface area contributed by atoms with Crippen LogP contribution >= 0.6 is 0 Å². The molecule has 88 valence electrons. The Balaban J connectivity index is 3.16. The van der Waals surface area contributed by atoms with Gasteiger partial charge in [0.1, 0.15) is 0 Å². The first-order valence-electron chi connectivity index (χ1n) is 4.75. The zero-order valence-electron chi connectivity index (χ0n) is 8.64. The van der Waals surface area contributed by atoms with E-state index in [1.165, 1.54) is 6.07 Å². The first kappa shape index (κ1) is 12.5. The number of aliphatic carboxylic acids is 1. The summed E-state index contributed by atoms with van der Waals surface area (Å²) in [5.74, 6) is -1.13. The summed E-state index contributed by atoms with van der Waals surface area (Å²) in [6.07, 6.45) is -4.30. The zero-order chi connectivity index (χ0) is 12.3. The highest BCUT2D eigenvalue weighted by Crippen LogP contribution is 2.30. The number of benzene rings is 1. The number of rotatable bonds is 3. The van der Waals surface area contributed by atoms with Crippen molar-refractivity contribution in [2.45, 2.75) is 25.9 Å². The predicted octanol–water partition coefficient (Wildman–Crippen LogP) is 2.89. The standard InChI is InChI=1S/C11H11F3O2/c1-2-7-3-4-9(11(12,13)14)5-8(7)6-10(15)16/h3-5H,2,6H2,1H3,(H,15,16). The van der Waals surface area contributed by atoms with Gasteiger partial charge in [-0.15, -0.1) is 0 Å². The largest absolute Gasteiger partial charge is 0.481 e. The van der Waals surface area contributed by atoms with E-state index in [9.17, 15) is 18.0 Å². The van der Waals surface area contributed by atoms with Crippen LogP contribution in [0.3, 0.4) is 0 Å². The minimum atomic E-state index is -4.43. The van der Waals surface area contributed by atoms with E-state index in [2.05, 4.69) is 0 Å². The number of hydrogen-bond acceptors (Lipinski definition) is 1. The van der Waals surface area contributed by atoms with Crippen molar-refractivity contribution < 1.29 is 23.1 Å². The van der Waals surface area contributed by atoms with E-state index in [1.54, 1.807) is 6.92 Å². The Morgan fingerprint density at radius 1 is 1.31 bits per heavy atom. The van der Waals surface area contributed by atoms with Crippen LogP contribution in [0.4, 0.5) is 13.2 Å². The fourth-order valence-electron chi connectivity index (χ4n) is 1.47. The van der Waals surface area contributed by atoms with Gasteiger partial charge in [-0.25, -0.2) is 0 Å². The van der Waals surface area contributed by atoms with Crippen molar-refractivity contribution in [3.8, 4) is 0 Å². The highest BCUT2D eigenvalue weighted by atomic mass is 19.4. The lowest BCUT2D eigenvalue weighted by Crippen LogP contribution is -2.09. The van der Waals surface area contributed by atoms with Crippen LogP contribution in [0.15, 0.2) is 18.2 Å². The van der Waals surface area contributed by atoms with Gasteiger partial charge in [0.2, 0.25) is 0 Å². The Morgan fingerprint density at radius 2 is 1.94 bits per heavy atom. The molecule has 0 unspecified atom stereocenters. The number of hydrogen-bond donors (Lipinski definition) is 1. The molecular formula is C11H11F3O2. The topological polar surface area (TPSA) is 37.3 Å². The van der Waals surface area contributed by atoms with Crippen LogP contribution in [0.1, 0.15) is 23.6 Å². The Kier molecular flexibility index (Phi) is 3.57. The molecule has 5 heteroatoms. The van der Waals surface area contributed by atoms with Gasteiger partial charge in [-0.05, 0) is 29.7 Å². The minimum Gasteiger partial charge on any atom is -0.481 e. The third-order valence-electron chi connectivity index (χ3n) is 2.26. The second-order valence-electron chi connectivity index (χ2n) is 3.41. The Hall–Kier alpha value is -1.52. The van der Waals surface area contributed by atoms with Gasteiger partial charge in [-0.1, -0.05) is 13.0 Å². The lowest BCUT2D eigenvalue weighted by Gasteiger charge is -2.11. The maximum Gasteiger partial charge on any atom is 0.416 e. The van der Waals surface area contributed by atoms with Gasteiger partial charge in [-0.2, -0.15) is 13.2 Å². The number of halogens is 3. The van der Waals surface area contributed by atoms with Crippen LogP contribution in [0.5, 0.6) is 0 Å². The van der Waals surface area contributed by atoms with E-state index in [0.717, 1.165) is 12.1 Å². The maximum atomic E-state index is 12.4. The van der Waals surface area contributed by atoms with E-state index in [1.807, 2.05) is 0 Å². The van der Waals surface area contributed by atoms with Crippen molar-refractivity contribution in [1.82, 2.24) is 0 Å². The van der Waals surface area contributed by atoms with Crippen molar-refractivity contribution in [1.29, 1.82) is 0 Å². The van der Waals surface area contributed by atoms with Crippen LogP contribution in [0, 0.1) is 0 Å². The van der Waals surface area contributed by atoms with Crippen LogP contribution in [0.2, 0.25) is 0 Å². The van der Waals surface area contributed by atoms with Crippen molar-refractivity contribution in [2.75, 3.05) is 0 Å². The molecule has 1 N–H and O–H groups in total. The van der Waals surface area contributed by atoms with Crippen molar-refractivity contribution in [3.63, 3.8) is 0 Å². The average Bonchev–Trinajstić information content (AvgIpc) is 2.15. The normalized spacial score (nSPS) is 11.5. The molecule has 1 aromatic rings. The molecule has 0 saturated heterocycles. The molecule has 16 heavy (non-hydrogen) atoms. The molecule has 0 saturated carbocycles. The van der Waals surface area contributed by atoms with Gasteiger partial charge < -0.3 is 5.11 Å². The summed E-state index contributed by atoms with van der Waals surface area (Å²) < 4.78 is 37.2. The second kappa shape index (κ2) is 4.55. The molecule has 0 aliphatic carbocycles. The predicted molar refractivity (Wildman–Crippen MR) is 52.2 cm³/mol. The van der Waals surface area contributed by atoms with Crippen molar-refractivity contribution in [3.05, 3.63) is 34.9 Å². The van der Waals surface area contributed by atoms with Crippen molar-refractivity contribution >= 4 is 5.97 Å². The number of carboxylic acid groups (broad SMARTS) is 1. The van der Waals surface area contributed by atoms with Crippen LogP contribution < -0.4 is 0 Å². The average molecular weight is 232 g/mol. The van der Waals surface area contributed by atoms with E-state index < -0.39 is 17.7 Å². The molecule has 0 amide bonds. The van der Waals surface area contributed by atoms with E-state index in [4.69, 9.17) is 5.11 Å². The minimum absolute atomic E-state index is 0.227. The Labute approximate surface area is 90.7 Å². The number of alkyl halides is 3. The van der Waals surface area contributed by atoms with Gasteiger partial charge in [0.05, 0.1) is 12.0 Å². The van der Waals surface area contributed by atoms with Gasteiger partial charge >= 0.3 is 12.1 Å². The Morgan fingerprint density at radius 3 is 2.38 bits per heavy atom. The molecule has 0 fully saturated rings. The SMILES string of the molecule is CCc1ccc(C(F)(F)F)cc1CC(=O)O. The lowest BCUT2D eigenvalue weighted by molar-refractivity contribution is -0.138. The molecule has 0 atom stereocenters. The van der Waals surface area contributed by atoms with Gasteiger partial charge in [0.25, 0.3) is 0 Å². The highest BCUT2D eigenvalue weighted by molar-refractivity contribution is 5.70. The monoisotopic (exact) mass is 232 g/mol. The Bertz CT molecular complexity index is 397. The number of aryl methyl sites for hydroxylation is 1. The highest BCUT2D eigenvalue weighted by Gasteiger charge is 2.30. The first-order chi connectivity index (χ1) is 7.34. The van der Waals surface area contributed by atoms with E-state index in [0.29, 0.717) is 12.0 Å². The molecular weight excluding hydrogens is 221 g/mol. The smallest absolute Gasteiger partial charge is 0.416 e. The number of carbonyl (C=O) groups is 1. The van der Waals surface area contributed by atoms with Gasteiger partial charge in [0, 0.05) is 0 Å². The molecule has 0 bridgehead atoms. The first-order valence-corrected chi connectivity index (χ1v) is 4.75. The van der Waals surface area contributed by atoms with Gasteiger partial charge in [-0.3, -0.25) is 4.79 Å². The molecule has 0 radical (unpaired) electrons. The molecule has 1 aromatic carbocycles. The molecule has 0 aliphatic heterocycles. The van der Waals surface area contributed by atoms with Crippen LogP contribution in [-0.2, 0) is 23.8 Å². The summed E-state index contributed by atoms with van der Waals surface area (Å²) in [7, 11) is 0. The third-order valence-corrected chi connectivity index (χ3v) is 2.26. The van der Waals surface area contributed by atoms with Crippen molar-refractivity contribution in [2.24, 2.45) is 0 Å². The molecule has 0 spiro atoms. The van der Waals surface area contributed by atoms with E-state index in [-0.39, 0.29) is 12.0 Å². The maximum absolute atomic E-state index is 12.4. The number of carboxylic acids is 1. The van der Waals surface area contributed by atoms with Gasteiger partial charge in [0.15, 0.2) is 0 Å². The summed E-state index contributed by atoms with van der Waals surface area (Å²) in [5.41, 5.74) is 0.0566. The summed E-state index contributed by atoms with van der Waals surface area (Å²) in [4.78, 5) is 10.5.